The van der Waals surface area contributed by atoms with E-state index in [1.165, 1.54) is 12.8 Å². The lowest BCUT2D eigenvalue weighted by Gasteiger charge is -2.22. The number of ether oxygens (including phenoxy) is 1. The minimum Gasteiger partial charge on any atom is -0.476 e. The van der Waals surface area contributed by atoms with Crippen molar-refractivity contribution in [3.8, 4) is 18.2 Å². The van der Waals surface area contributed by atoms with Gasteiger partial charge in [0.2, 0.25) is 5.88 Å². The quantitative estimate of drug-likeness (QED) is 0.762. The predicted octanol–water partition coefficient (Wildman–Crippen LogP) is 0.836. The minimum absolute atomic E-state index is 0.534. The molecule has 2 rings (SSSR count). The van der Waals surface area contributed by atoms with Gasteiger partial charge in [-0.1, -0.05) is 0 Å². The van der Waals surface area contributed by atoms with Crippen LogP contribution in [0.1, 0.15) is 18.5 Å². The number of piperidine rings is 1. The zero-order chi connectivity index (χ0) is 11.2. The van der Waals surface area contributed by atoms with Gasteiger partial charge in [0.1, 0.15) is 5.69 Å². The average molecular weight is 217 g/mol. The van der Waals surface area contributed by atoms with Gasteiger partial charge in [-0.05, 0) is 25.3 Å². The van der Waals surface area contributed by atoms with Crippen LogP contribution in [-0.2, 0) is 0 Å². The SMILES string of the molecule is C#Cc1cnc(OCC2CCCNC2)cn1. The van der Waals surface area contributed by atoms with E-state index in [-0.39, 0.29) is 0 Å². The van der Waals surface area contributed by atoms with Crippen molar-refractivity contribution < 1.29 is 4.74 Å². The van der Waals surface area contributed by atoms with Crippen molar-refractivity contribution in [2.75, 3.05) is 19.7 Å². The molecule has 0 radical (unpaired) electrons. The average Bonchev–Trinajstić information content (AvgIpc) is 2.38. The summed E-state index contributed by atoms with van der Waals surface area (Å²) in [5, 5.41) is 3.35. The summed E-state index contributed by atoms with van der Waals surface area (Å²) in [5.41, 5.74) is 0.534. The molecule has 1 aliphatic heterocycles. The molecular formula is C12H15N3O. The third-order valence-electron chi connectivity index (χ3n) is 2.64. The Morgan fingerprint density at radius 2 is 2.44 bits per heavy atom. The second kappa shape index (κ2) is 5.47. The van der Waals surface area contributed by atoms with E-state index in [0.717, 1.165) is 13.1 Å². The number of hydrogen-bond acceptors (Lipinski definition) is 4. The maximum absolute atomic E-state index is 5.56. The lowest BCUT2D eigenvalue weighted by Crippen LogP contribution is -2.33. The Balaban J connectivity index is 1.82. The first-order valence-electron chi connectivity index (χ1n) is 5.50. The van der Waals surface area contributed by atoms with Crippen molar-refractivity contribution in [1.29, 1.82) is 0 Å². The highest BCUT2D eigenvalue weighted by Gasteiger charge is 2.13. The fourth-order valence-corrected chi connectivity index (χ4v) is 1.73. The highest BCUT2D eigenvalue weighted by molar-refractivity contribution is 5.22. The monoisotopic (exact) mass is 217 g/mol. The van der Waals surface area contributed by atoms with Crippen LogP contribution in [0.4, 0.5) is 0 Å². The zero-order valence-electron chi connectivity index (χ0n) is 9.15. The predicted molar refractivity (Wildman–Crippen MR) is 61.1 cm³/mol. The Labute approximate surface area is 95.4 Å². The summed E-state index contributed by atoms with van der Waals surface area (Å²) in [6.07, 6.45) is 10.7. The fraction of sp³-hybridized carbons (Fsp3) is 0.500. The van der Waals surface area contributed by atoms with E-state index in [9.17, 15) is 0 Å². The molecule has 0 bridgehead atoms. The Bertz CT molecular complexity index is 363. The molecule has 1 aromatic heterocycles. The Morgan fingerprint density at radius 1 is 1.50 bits per heavy atom. The number of rotatable bonds is 3. The first kappa shape index (κ1) is 10.9. The molecule has 1 N–H and O–H groups in total. The van der Waals surface area contributed by atoms with Crippen LogP contribution in [0.2, 0.25) is 0 Å². The molecular weight excluding hydrogens is 202 g/mol. The Kier molecular flexibility index (Phi) is 3.73. The first-order valence-corrected chi connectivity index (χ1v) is 5.50. The summed E-state index contributed by atoms with van der Waals surface area (Å²) in [6, 6.07) is 0. The Hall–Kier alpha value is -1.60. The molecule has 4 heteroatoms. The van der Waals surface area contributed by atoms with E-state index < -0.39 is 0 Å². The van der Waals surface area contributed by atoms with Crippen LogP contribution < -0.4 is 10.1 Å². The second-order valence-electron chi connectivity index (χ2n) is 3.91. The van der Waals surface area contributed by atoms with Gasteiger partial charge < -0.3 is 10.1 Å². The molecule has 1 unspecified atom stereocenters. The first-order chi connectivity index (χ1) is 7.88. The molecule has 0 amide bonds. The summed E-state index contributed by atoms with van der Waals surface area (Å²) in [7, 11) is 0. The molecule has 1 aromatic rings. The summed E-state index contributed by atoms with van der Waals surface area (Å²) in [4.78, 5) is 8.11. The summed E-state index contributed by atoms with van der Waals surface area (Å²) in [6.45, 7) is 2.83. The topological polar surface area (TPSA) is 47.0 Å². The summed E-state index contributed by atoms with van der Waals surface area (Å²) >= 11 is 0. The lowest BCUT2D eigenvalue weighted by molar-refractivity contribution is 0.211. The smallest absolute Gasteiger partial charge is 0.232 e. The van der Waals surface area contributed by atoms with Gasteiger partial charge in [0.25, 0.3) is 0 Å². The summed E-state index contributed by atoms with van der Waals surface area (Å²) < 4.78 is 5.56. The van der Waals surface area contributed by atoms with E-state index in [4.69, 9.17) is 11.2 Å². The maximum Gasteiger partial charge on any atom is 0.232 e. The van der Waals surface area contributed by atoms with E-state index in [1.807, 2.05) is 0 Å². The molecule has 0 spiro atoms. The molecule has 1 atom stereocenters. The van der Waals surface area contributed by atoms with Crippen LogP contribution in [0.25, 0.3) is 0 Å². The lowest BCUT2D eigenvalue weighted by atomic mass is 10.0. The van der Waals surface area contributed by atoms with Crippen molar-refractivity contribution >= 4 is 0 Å². The van der Waals surface area contributed by atoms with Gasteiger partial charge in [-0.2, -0.15) is 0 Å². The number of aromatic nitrogens is 2. The van der Waals surface area contributed by atoms with Gasteiger partial charge in [-0.25, -0.2) is 9.97 Å². The molecule has 84 valence electrons. The minimum atomic E-state index is 0.534. The van der Waals surface area contributed by atoms with Crippen LogP contribution in [0, 0.1) is 18.3 Å². The highest BCUT2D eigenvalue weighted by Crippen LogP contribution is 2.12. The molecule has 0 aliphatic carbocycles. The van der Waals surface area contributed by atoms with Gasteiger partial charge in [0.15, 0.2) is 0 Å². The van der Waals surface area contributed by atoms with Gasteiger partial charge >= 0.3 is 0 Å². The number of hydrogen-bond donors (Lipinski definition) is 1. The molecule has 2 heterocycles. The molecule has 0 saturated carbocycles. The largest absolute Gasteiger partial charge is 0.476 e. The second-order valence-corrected chi connectivity index (χ2v) is 3.91. The third kappa shape index (κ3) is 2.94. The van der Waals surface area contributed by atoms with Crippen molar-refractivity contribution in [3.63, 3.8) is 0 Å². The van der Waals surface area contributed by atoms with Crippen LogP contribution in [0.5, 0.6) is 5.88 Å². The number of nitrogens with zero attached hydrogens (tertiary/aromatic N) is 2. The zero-order valence-corrected chi connectivity index (χ0v) is 9.15. The van der Waals surface area contributed by atoms with Gasteiger partial charge in [0.05, 0.1) is 19.0 Å². The van der Waals surface area contributed by atoms with E-state index >= 15 is 0 Å². The molecule has 16 heavy (non-hydrogen) atoms. The maximum atomic E-state index is 5.56. The van der Waals surface area contributed by atoms with Crippen molar-refractivity contribution in [2.45, 2.75) is 12.8 Å². The fourth-order valence-electron chi connectivity index (χ4n) is 1.73. The number of nitrogens with one attached hydrogen (secondary N) is 1. The summed E-state index contributed by atoms with van der Waals surface area (Å²) in [5.74, 6) is 3.54. The standard InChI is InChI=1S/C12H15N3O/c1-2-11-7-15-12(8-14-11)16-9-10-4-3-5-13-6-10/h1,7-8,10,13H,3-6,9H2. The van der Waals surface area contributed by atoms with E-state index in [2.05, 4.69) is 21.2 Å². The molecule has 1 aliphatic rings. The highest BCUT2D eigenvalue weighted by atomic mass is 16.5. The van der Waals surface area contributed by atoms with Gasteiger partial charge in [-0.3, -0.25) is 0 Å². The van der Waals surface area contributed by atoms with Gasteiger partial charge in [0, 0.05) is 12.5 Å². The molecule has 0 aromatic carbocycles. The van der Waals surface area contributed by atoms with Crippen LogP contribution in [0.3, 0.4) is 0 Å². The molecule has 1 fully saturated rings. The van der Waals surface area contributed by atoms with E-state index in [0.29, 0.717) is 24.1 Å². The number of terminal acetylenes is 1. The van der Waals surface area contributed by atoms with Crippen molar-refractivity contribution in [3.05, 3.63) is 18.1 Å². The van der Waals surface area contributed by atoms with Crippen molar-refractivity contribution in [1.82, 2.24) is 15.3 Å². The molecule has 4 nitrogen and oxygen atoms in total. The molecule has 1 saturated heterocycles. The van der Waals surface area contributed by atoms with Crippen LogP contribution in [-0.4, -0.2) is 29.7 Å². The van der Waals surface area contributed by atoms with Crippen LogP contribution in [0.15, 0.2) is 12.4 Å². The Morgan fingerprint density at radius 3 is 3.06 bits per heavy atom. The van der Waals surface area contributed by atoms with E-state index in [1.54, 1.807) is 12.4 Å². The van der Waals surface area contributed by atoms with Crippen molar-refractivity contribution in [2.24, 2.45) is 5.92 Å². The third-order valence-corrected chi connectivity index (χ3v) is 2.64. The van der Waals surface area contributed by atoms with Crippen LogP contribution >= 0.6 is 0 Å². The normalized spacial score (nSPS) is 20.1. The van der Waals surface area contributed by atoms with Gasteiger partial charge in [-0.15, -0.1) is 6.42 Å².